The number of nitrogens with zero attached hydrogens (tertiary/aromatic N) is 3. The summed E-state index contributed by atoms with van der Waals surface area (Å²) < 4.78 is 0. The Morgan fingerprint density at radius 2 is 2.17 bits per heavy atom. The number of aromatic nitrogens is 2. The molecule has 0 unspecified atom stereocenters. The summed E-state index contributed by atoms with van der Waals surface area (Å²) in [5, 5.41) is 16.7. The van der Waals surface area contributed by atoms with Gasteiger partial charge in [0.2, 0.25) is 0 Å². The van der Waals surface area contributed by atoms with Crippen molar-refractivity contribution in [1.82, 2.24) is 9.97 Å². The van der Waals surface area contributed by atoms with E-state index in [1.165, 1.54) is 6.07 Å². The molecule has 2 aromatic rings. The van der Waals surface area contributed by atoms with Crippen LogP contribution in [-0.2, 0) is 6.54 Å². The Kier molecular flexibility index (Phi) is 3.52. The monoisotopic (exact) mass is 264 g/mol. The molecule has 0 aliphatic heterocycles. The van der Waals surface area contributed by atoms with E-state index in [9.17, 15) is 10.1 Å². The van der Waals surface area contributed by atoms with Gasteiger partial charge in [-0.1, -0.05) is 0 Å². The highest BCUT2D eigenvalue weighted by Gasteiger charge is 2.11. The number of hydrogen-bond donors (Lipinski definition) is 1. The maximum atomic E-state index is 10.7. The first kappa shape index (κ1) is 12.4. The second kappa shape index (κ2) is 5.09. The van der Waals surface area contributed by atoms with Gasteiger partial charge < -0.3 is 5.32 Å². The van der Waals surface area contributed by atoms with E-state index in [2.05, 4.69) is 15.3 Å². The van der Waals surface area contributed by atoms with Crippen molar-refractivity contribution in [2.24, 2.45) is 0 Å². The number of aryl methyl sites for hydroxylation is 2. The molecular formula is C11H12N4O2S. The number of nitrogens with one attached hydrogen (secondary N) is 1. The molecular weight excluding hydrogens is 252 g/mol. The summed E-state index contributed by atoms with van der Waals surface area (Å²) in [5.41, 5.74) is 1.37. The van der Waals surface area contributed by atoms with Gasteiger partial charge in [0.25, 0.3) is 5.69 Å². The van der Waals surface area contributed by atoms with Crippen molar-refractivity contribution < 1.29 is 4.92 Å². The summed E-state index contributed by atoms with van der Waals surface area (Å²) in [6.07, 6.45) is 0. The van der Waals surface area contributed by atoms with Crippen LogP contribution in [0.2, 0.25) is 0 Å². The molecule has 7 heteroatoms. The van der Waals surface area contributed by atoms with Gasteiger partial charge >= 0.3 is 0 Å². The second-order valence-electron chi connectivity index (χ2n) is 3.77. The average Bonchev–Trinajstić information content (AvgIpc) is 2.72. The van der Waals surface area contributed by atoms with Gasteiger partial charge in [-0.15, -0.1) is 11.3 Å². The van der Waals surface area contributed by atoms with Crippen LogP contribution in [0.15, 0.2) is 17.5 Å². The summed E-state index contributed by atoms with van der Waals surface area (Å²) in [5.74, 6) is 0.615. The Hall–Kier alpha value is -2.02. The predicted molar refractivity (Wildman–Crippen MR) is 69.8 cm³/mol. The first-order valence-corrected chi connectivity index (χ1v) is 6.21. The Morgan fingerprint density at radius 3 is 2.72 bits per heavy atom. The molecule has 0 saturated carbocycles. The lowest BCUT2D eigenvalue weighted by Crippen LogP contribution is -2.03. The molecule has 0 aliphatic carbocycles. The lowest BCUT2D eigenvalue weighted by Gasteiger charge is -2.04. The summed E-state index contributed by atoms with van der Waals surface area (Å²) in [7, 11) is 0. The van der Waals surface area contributed by atoms with Gasteiger partial charge in [0.15, 0.2) is 0 Å². The van der Waals surface area contributed by atoms with Crippen LogP contribution < -0.4 is 5.32 Å². The largest absolute Gasteiger partial charge is 0.364 e. The number of anilines is 1. The van der Waals surface area contributed by atoms with Crippen molar-refractivity contribution >= 4 is 22.8 Å². The highest BCUT2D eigenvalue weighted by Crippen LogP contribution is 2.18. The van der Waals surface area contributed by atoms with Crippen LogP contribution in [0.3, 0.4) is 0 Å². The van der Waals surface area contributed by atoms with E-state index in [0.717, 1.165) is 10.7 Å². The van der Waals surface area contributed by atoms with Crippen LogP contribution in [0.4, 0.5) is 11.5 Å². The molecule has 0 aromatic carbocycles. The van der Waals surface area contributed by atoms with E-state index < -0.39 is 4.92 Å². The van der Waals surface area contributed by atoms with E-state index in [1.807, 2.05) is 12.3 Å². The zero-order valence-electron chi connectivity index (χ0n) is 10.0. The third-order valence-electron chi connectivity index (χ3n) is 2.37. The molecule has 0 radical (unpaired) electrons. The predicted octanol–water partition coefficient (Wildman–Crippen LogP) is 2.68. The first-order chi connectivity index (χ1) is 8.56. The van der Waals surface area contributed by atoms with E-state index in [0.29, 0.717) is 18.1 Å². The summed E-state index contributed by atoms with van der Waals surface area (Å²) >= 11 is 1.59. The van der Waals surface area contributed by atoms with Crippen molar-refractivity contribution in [2.75, 3.05) is 5.32 Å². The zero-order chi connectivity index (χ0) is 13.1. The fraction of sp³-hybridized carbons (Fsp3) is 0.273. The third-order valence-corrected chi connectivity index (χ3v) is 3.19. The Balaban J connectivity index is 2.06. The molecule has 2 rings (SSSR count). The number of pyridine rings is 1. The molecule has 18 heavy (non-hydrogen) atoms. The van der Waals surface area contributed by atoms with Gasteiger partial charge in [0.05, 0.1) is 22.2 Å². The molecule has 94 valence electrons. The van der Waals surface area contributed by atoms with Gasteiger partial charge in [0.1, 0.15) is 11.5 Å². The average molecular weight is 264 g/mol. The van der Waals surface area contributed by atoms with E-state index in [1.54, 1.807) is 24.3 Å². The van der Waals surface area contributed by atoms with Crippen LogP contribution in [0.25, 0.3) is 0 Å². The smallest absolute Gasteiger partial charge is 0.290 e. The first-order valence-electron chi connectivity index (χ1n) is 5.33. The minimum Gasteiger partial charge on any atom is -0.364 e. The van der Waals surface area contributed by atoms with Crippen LogP contribution in [0.1, 0.15) is 16.4 Å². The minimum atomic E-state index is -0.435. The molecule has 2 heterocycles. The van der Waals surface area contributed by atoms with Crippen LogP contribution >= 0.6 is 11.3 Å². The molecule has 0 amide bonds. The lowest BCUT2D eigenvalue weighted by molar-refractivity contribution is -0.385. The molecule has 0 atom stereocenters. The molecule has 1 N–H and O–H groups in total. The van der Waals surface area contributed by atoms with Crippen molar-refractivity contribution in [3.63, 3.8) is 0 Å². The fourth-order valence-electron chi connectivity index (χ4n) is 1.52. The molecule has 0 aliphatic rings. The SMILES string of the molecule is Cc1nc(CNc2ccc([N+](=O)[O-])c(C)n2)cs1. The van der Waals surface area contributed by atoms with Gasteiger partial charge in [-0.3, -0.25) is 10.1 Å². The highest BCUT2D eigenvalue weighted by molar-refractivity contribution is 7.09. The van der Waals surface area contributed by atoms with Gasteiger partial charge in [-0.25, -0.2) is 9.97 Å². The topological polar surface area (TPSA) is 81.0 Å². The van der Waals surface area contributed by atoms with Gasteiger partial charge in [0, 0.05) is 11.4 Å². The second-order valence-corrected chi connectivity index (χ2v) is 4.83. The molecule has 6 nitrogen and oxygen atoms in total. The zero-order valence-corrected chi connectivity index (χ0v) is 10.8. The van der Waals surface area contributed by atoms with Crippen LogP contribution in [0.5, 0.6) is 0 Å². The maximum Gasteiger partial charge on any atom is 0.290 e. The van der Waals surface area contributed by atoms with Crippen molar-refractivity contribution in [3.8, 4) is 0 Å². The number of hydrogen-bond acceptors (Lipinski definition) is 6. The number of thiazole rings is 1. The quantitative estimate of drug-likeness (QED) is 0.678. The lowest BCUT2D eigenvalue weighted by atomic mass is 10.3. The van der Waals surface area contributed by atoms with Crippen molar-refractivity contribution in [1.29, 1.82) is 0 Å². The normalized spacial score (nSPS) is 10.3. The van der Waals surface area contributed by atoms with Crippen LogP contribution in [0, 0.1) is 24.0 Å². The van der Waals surface area contributed by atoms with E-state index >= 15 is 0 Å². The third kappa shape index (κ3) is 2.80. The van der Waals surface area contributed by atoms with E-state index in [-0.39, 0.29) is 5.69 Å². The molecule has 0 fully saturated rings. The molecule has 2 aromatic heterocycles. The summed E-state index contributed by atoms with van der Waals surface area (Å²) in [6.45, 7) is 4.13. The van der Waals surface area contributed by atoms with Gasteiger partial charge in [-0.05, 0) is 19.9 Å². The molecule has 0 saturated heterocycles. The Morgan fingerprint density at radius 1 is 1.39 bits per heavy atom. The van der Waals surface area contributed by atoms with E-state index in [4.69, 9.17) is 0 Å². The Bertz CT molecular complexity index is 582. The number of nitro groups is 1. The fourth-order valence-corrected chi connectivity index (χ4v) is 2.13. The Labute approximate surface area is 108 Å². The molecule has 0 bridgehead atoms. The summed E-state index contributed by atoms with van der Waals surface area (Å²) in [4.78, 5) is 18.7. The van der Waals surface area contributed by atoms with Crippen molar-refractivity contribution in [3.05, 3.63) is 44.0 Å². The summed E-state index contributed by atoms with van der Waals surface area (Å²) in [6, 6.07) is 3.06. The molecule has 0 spiro atoms. The standard InChI is InChI=1S/C11H12N4O2S/c1-7-10(15(16)17)3-4-11(13-7)12-5-9-6-18-8(2)14-9/h3-4,6H,5H2,1-2H3,(H,12,13). The van der Waals surface area contributed by atoms with Crippen LogP contribution in [-0.4, -0.2) is 14.9 Å². The van der Waals surface area contributed by atoms with Crippen molar-refractivity contribution in [2.45, 2.75) is 20.4 Å². The maximum absolute atomic E-state index is 10.7. The number of rotatable bonds is 4. The van der Waals surface area contributed by atoms with Gasteiger partial charge in [-0.2, -0.15) is 0 Å². The minimum absolute atomic E-state index is 0.0325. The highest BCUT2D eigenvalue weighted by atomic mass is 32.1.